The molecule has 0 aliphatic heterocycles. The highest BCUT2D eigenvalue weighted by Crippen LogP contribution is 1.96. The molecule has 56 valence electrons. The summed E-state index contributed by atoms with van der Waals surface area (Å²) in [4.78, 5) is 8.13. The van der Waals surface area contributed by atoms with E-state index in [4.69, 9.17) is 0 Å². The molecule has 0 spiro atoms. The van der Waals surface area contributed by atoms with Crippen molar-refractivity contribution in [1.29, 1.82) is 0 Å². The molecule has 0 N–H and O–H groups in total. The third-order valence-electron chi connectivity index (χ3n) is 1.36. The van der Waals surface area contributed by atoms with Gasteiger partial charge in [0, 0.05) is 13.2 Å². The topological polar surface area (TPSA) is 25.2 Å². The molecule has 1 rings (SSSR count). The zero-order valence-electron chi connectivity index (χ0n) is 6.49. The Morgan fingerprint density at radius 3 is 2.91 bits per heavy atom. The van der Waals surface area contributed by atoms with Crippen LogP contribution in [0, 0.1) is 0 Å². The normalized spacial score (nSPS) is 11.2. The van der Waals surface area contributed by atoms with Gasteiger partial charge in [0.1, 0.15) is 0 Å². The minimum Gasteiger partial charge on any atom is -0.286 e. The van der Waals surface area contributed by atoms with Crippen LogP contribution >= 0.6 is 0 Å². The lowest BCUT2D eigenvalue weighted by Crippen LogP contribution is -1.97. The largest absolute Gasteiger partial charge is 0.286 e. The quantitative estimate of drug-likeness (QED) is 0.583. The first kappa shape index (κ1) is 7.66. The first-order valence-electron chi connectivity index (χ1n) is 3.39. The van der Waals surface area contributed by atoms with Gasteiger partial charge < -0.3 is 0 Å². The van der Waals surface area contributed by atoms with Crippen LogP contribution in [0.1, 0.15) is 5.69 Å². The standard InChI is InChI=1S/C9H10N2/c1-3-8(10-2)9-6-4-5-7-11-9/h3-7H,1H2,2H3/b10-8+. The molecule has 0 radical (unpaired) electrons. The summed E-state index contributed by atoms with van der Waals surface area (Å²) >= 11 is 0. The highest BCUT2D eigenvalue weighted by Gasteiger charge is 1.95. The van der Waals surface area contributed by atoms with Crippen molar-refractivity contribution in [2.45, 2.75) is 0 Å². The van der Waals surface area contributed by atoms with Crippen molar-refractivity contribution in [1.82, 2.24) is 4.98 Å². The summed E-state index contributed by atoms with van der Waals surface area (Å²) in [6.07, 6.45) is 3.44. The van der Waals surface area contributed by atoms with Crippen molar-refractivity contribution in [3.05, 3.63) is 42.7 Å². The number of aliphatic imine (C=N–C) groups is 1. The van der Waals surface area contributed by atoms with E-state index in [2.05, 4.69) is 16.6 Å². The van der Waals surface area contributed by atoms with E-state index >= 15 is 0 Å². The molecule has 0 amide bonds. The van der Waals surface area contributed by atoms with Gasteiger partial charge in [-0.25, -0.2) is 0 Å². The molecule has 0 fully saturated rings. The Morgan fingerprint density at radius 1 is 1.64 bits per heavy atom. The summed E-state index contributed by atoms with van der Waals surface area (Å²) in [5, 5.41) is 0. The number of aromatic nitrogens is 1. The van der Waals surface area contributed by atoms with E-state index in [9.17, 15) is 0 Å². The van der Waals surface area contributed by atoms with Crippen molar-refractivity contribution < 1.29 is 0 Å². The zero-order valence-corrected chi connectivity index (χ0v) is 6.49. The van der Waals surface area contributed by atoms with Crippen LogP contribution in [0.3, 0.4) is 0 Å². The van der Waals surface area contributed by atoms with Crippen molar-refractivity contribution in [3.63, 3.8) is 0 Å². The number of hydrogen-bond acceptors (Lipinski definition) is 2. The van der Waals surface area contributed by atoms with Crippen LogP contribution in [0.15, 0.2) is 42.0 Å². The average Bonchev–Trinajstić information content (AvgIpc) is 2.09. The summed E-state index contributed by atoms with van der Waals surface area (Å²) in [6, 6.07) is 5.71. The van der Waals surface area contributed by atoms with Gasteiger partial charge in [0.25, 0.3) is 0 Å². The smallest absolute Gasteiger partial charge is 0.0881 e. The number of pyridine rings is 1. The maximum Gasteiger partial charge on any atom is 0.0881 e. The fourth-order valence-electron chi connectivity index (χ4n) is 0.825. The van der Waals surface area contributed by atoms with Crippen molar-refractivity contribution >= 4 is 5.71 Å². The highest BCUT2D eigenvalue weighted by atomic mass is 14.7. The van der Waals surface area contributed by atoms with Gasteiger partial charge in [0.05, 0.1) is 11.4 Å². The molecule has 0 atom stereocenters. The summed E-state index contributed by atoms with van der Waals surface area (Å²) < 4.78 is 0. The minimum atomic E-state index is 0.825. The van der Waals surface area contributed by atoms with Crippen LogP contribution in [0.25, 0.3) is 0 Å². The van der Waals surface area contributed by atoms with E-state index < -0.39 is 0 Å². The van der Waals surface area contributed by atoms with E-state index in [1.165, 1.54) is 0 Å². The molecule has 0 saturated heterocycles. The molecule has 0 aliphatic rings. The molecule has 2 nitrogen and oxygen atoms in total. The number of rotatable bonds is 2. The minimum absolute atomic E-state index is 0.825. The Balaban J connectivity index is 3.01. The second-order valence-corrected chi connectivity index (χ2v) is 2.03. The van der Waals surface area contributed by atoms with E-state index in [-0.39, 0.29) is 0 Å². The fourth-order valence-corrected chi connectivity index (χ4v) is 0.825. The second kappa shape index (κ2) is 3.66. The lowest BCUT2D eigenvalue weighted by Gasteiger charge is -1.96. The highest BCUT2D eigenvalue weighted by molar-refractivity contribution is 6.06. The van der Waals surface area contributed by atoms with E-state index in [1.54, 1.807) is 19.3 Å². The number of nitrogens with zero attached hydrogens (tertiary/aromatic N) is 2. The monoisotopic (exact) mass is 146 g/mol. The van der Waals surface area contributed by atoms with Crippen molar-refractivity contribution in [2.24, 2.45) is 4.99 Å². The van der Waals surface area contributed by atoms with Gasteiger partial charge in [-0.2, -0.15) is 0 Å². The first-order valence-corrected chi connectivity index (χ1v) is 3.39. The molecule has 1 aromatic rings. The van der Waals surface area contributed by atoms with Crippen LogP contribution < -0.4 is 0 Å². The Labute approximate surface area is 66.3 Å². The second-order valence-electron chi connectivity index (χ2n) is 2.03. The summed E-state index contributed by atoms with van der Waals surface area (Å²) in [6.45, 7) is 3.64. The van der Waals surface area contributed by atoms with E-state index in [0.717, 1.165) is 11.4 Å². The van der Waals surface area contributed by atoms with Crippen LogP contribution in [-0.4, -0.2) is 17.7 Å². The molecule has 0 saturated carbocycles. The first-order chi connectivity index (χ1) is 5.38. The summed E-state index contributed by atoms with van der Waals surface area (Å²) in [5.74, 6) is 0. The van der Waals surface area contributed by atoms with Crippen LogP contribution in [0.2, 0.25) is 0 Å². The SMILES string of the molecule is C=C/C(=N\C)c1ccccn1. The molecule has 0 aliphatic carbocycles. The van der Waals surface area contributed by atoms with Gasteiger partial charge in [0.2, 0.25) is 0 Å². The predicted octanol–water partition coefficient (Wildman–Crippen LogP) is 1.69. The molecule has 1 heterocycles. The lowest BCUT2D eigenvalue weighted by atomic mass is 10.2. The number of allylic oxidation sites excluding steroid dienone is 1. The molecule has 0 unspecified atom stereocenters. The fraction of sp³-hybridized carbons (Fsp3) is 0.111. The average molecular weight is 146 g/mol. The maximum absolute atomic E-state index is 4.12. The summed E-state index contributed by atoms with van der Waals surface area (Å²) in [7, 11) is 1.73. The van der Waals surface area contributed by atoms with Crippen LogP contribution in [0.5, 0.6) is 0 Å². The van der Waals surface area contributed by atoms with Gasteiger partial charge in [-0.1, -0.05) is 12.6 Å². The Morgan fingerprint density at radius 2 is 2.45 bits per heavy atom. The van der Waals surface area contributed by atoms with Crippen molar-refractivity contribution in [3.8, 4) is 0 Å². The van der Waals surface area contributed by atoms with Crippen LogP contribution in [-0.2, 0) is 0 Å². The van der Waals surface area contributed by atoms with Gasteiger partial charge in [-0.15, -0.1) is 0 Å². The molecular weight excluding hydrogens is 136 g/mol. The third-order valence-corrected chi connectivity index (χ3v) is 1.36. The number of hydrogen-bond donors (Lipinski definition) is 0. The van der Waals surface area contributed by atoms with E-state index in [1.807, 2.05) is 18.2 Å². The molecule has 1 aromatic heterocycles. The molecule has 2 heteroatoms. The molecular formula is C9H10N2. The van der Waals surface area contributed by atoms with E-state index in [0.29, 0.717) is 0 Å². The molecule has 0 bridgehead atoms. The lowest BCUT2D eigenvalue weighted by molar-refractivity contribution is 1.28. The molecule has 11 heavy (non-hydrogen) atoms. The Kier molecular flexibility index (Phi) is 2.55. The molecule has 0 aromatic carbocycles. The van der Waals surface area contributed by atoms with Crippen LogP contribution in [0.4, 0.5) is 0 Å². The van der Waals surface area contributed by atoms with Gasteiger partial charge in [0.15, 0.2) is 0 Å². The Bertz CT molecular complexity index is 262. The zero-order chi connectivity index (χ0) is 8.10. The summed E-state index contributed by atoms with van der Waals surface area (Å²) in [5.41, 5.74) is 1.69. The van der Waals surface area contributed by atoms with Gasteiger partial charge in [-0.3, -0.25) is 9.98 Å². The predicted molar refractivity (Wildman–Crippen MR) is 46.9 cm³/mol. The van der Waals surface area contributed by atoms with Gasteiger partial charge in [-0.05, 0) is 18.2 Å². The van der Waals surface area contributed by atoms with Crippen molar-refractivity contribution in [2.75, 3.05) is 7.05 Å². The van der Waals surface area contributed by atoms with Gasteiger partial charge >= 0.3 is 0 Å². The maximum atomic E-state index is 4.12. The Hall–Kier alpha value is -1.44. The third kappa shape index (κ3) is 1.74.